The number of rotatable bonds is 6. The van der Waals surface area contributed by atoms with Crippen molar-refractivity contribution >= 4 is 11.7 Å². The second kappa shape index (κ2) is 7.22. The topological polar surface area (TPSA) is 58.1 Å². The number of carbonyl (C=O) groups is 1. The van der Waals surface area contributed by atoms with Crippen molar-refractivity contribution in [2.45, 2.75) is 39.0 Å². The van der Waals surface area contributed by atoms with Gasteiger partial charge in [-0.3, -0.25) is 4.79 Å². The fourth-order valence-corrected chi connectivity index (χ4v) is 2.65. The number of aromatic nitrogens is 2. The van der Waals surface area contributed by atoms with Crippen LogP contribution in [0.1, 0.15) is 49.5 Å². The molecule has 1 aromatic heterocycles. The molecule has 20 heavy (non-hydrogen) atoms. The van der Waals surface area contributed by atoms with Gasteiger partial charge in [0.25, 0.3) is 5.91 Å². The Hall–Kier alpha value is -1.65. The third-order valence-corrected chi connectivity index (χ3v) is 3.79. The van der Waals surface area contributed by atoms with Crippen LogP contribution in [0.3, 0.4) is 0 Å². The molecule has 1 heterocycles. The summed E-state index contributed by atoms with van der Waals surface area (Å²) in [5.74, 6) is 1.34. The van der Waals surface area contributed by atoms with E-state index < -0.39 is 0 Å². The van der Waals surface area contributed by atoms with E-state index in [0.29, 0.717) is 11.6 Å². The van der Waals surface area contributed by atoms with Crippen molar-refractivity contribution in [1.82, 2.24) is 15.1 Å². The molecule has 1 aliphatic carbocycles. The van der Waals surface area contributed by atoms with Gasteiger partial charge in [0, 0.05) is 20.1 Å². The zero-order valence-electron chi connectivity index (χ0n) is 12.4. The molecule has 5 nitrogen and oxygen atoms in total. The maximum Gasteiger partial charge on any atom is 0.274 e. The summed E-state index contributed by atoms with van der Waals surface area (Å²) in [6.45, 7) is 3.79. The quantitative estimate of drug-likeness (QED) is 0.867. The van der Waals surface area contributed by atoms with Gasteiger partial charge in [0.15, 0.2) is 5.69 Å². The van der Waals surface area contributed by atoms with E-state index in [2.05, 4.69) is 22.4 Å². The number of carbonyl (C=O) groups excluding carboxylic acids is 1. The summed E-state index contributed by atoms with van der Waals surface area (Å²) in [6, 6.07) is 3.57. The van der Waals surface area contributed by atoms with E-state index in [0.717, 1.165) is 25.3 Å². The molecule has 110 valence electrons. The first-order chi connectivity index (χ1) is 9.70. The molecule has 1 amide bonds. The number of nitrogens with one attached hydrogen (secondary N) is 1. The second-order valence-corrected chi connectivity index (χ2v) is 5.57. The van der Waals surface area contributed by atoms with Crippen LogP contribution in [-0.2, 0) is 0 Å². The summed E-state index contributed by atoms with van der Waals surface area (Å²) in [7, 11) is 1.85. The fourth-order valence-electron chi connectivity index (χ4n) is 2.65. The van der Waals surface area contributed by atoms with Crippen LogP contribution in [0.15, 0.2) is 12.1 Å². The lowest BCUT2D eigenvalue weighted by Gasteiger charge is -2.20. The molecule has 0 spiro atoms. The molecular formula is C15H24N4O. The summed E-state index contributed by atoms with van der Waals surface area (Å²) in [5.41, 5.74) is 0.424. The highest BCUT2D eigenvalue weighted by molar-refractivity contribution is 5.92. The molecule has 5 heteroatoms. The standard InChI is InChI=1S/C15H24N4O/c1-3-10-16-14-9-8-13(17-18-14)15(20)19(2)11-12-6-4-5-7-12/h8-9,12H,3-7,10-11H2,1-2H3,(H,16,18). The normalized spacial score (nSPS) is 15.3. The molecular weight excluding hydrogens is 252 g/mol. The first-order valence-electron chi connectivity index (χ1n) is 7.53. The molecule has 2 rings (SSSR count). The van der Waals surface area contributed by atoms with Gasteiger partial charge in [-0.05, 0) is 37.3 Å². The smallest absolute Gasteiger partial charge is 0.274 e. The molecule has 1 N–H and O–H groups in total. The highest BCUT2D eigenvalue weighted by Crippen LogP contribution is 2.25. The highest BCUT2D eigenvalue weighted by atomic mass is 16.2. The monoisotopic (exact) mass is 276 g/mol. The van der Waals surface area contributed by atoms with Crippen molar-refractivity contribution in [2.24, 2.45) is 5.92 Å². The SMILES string of the molecule is CCCNc1ccc(C(=O)N(C)CC2CCCC2)nn1. The Kier molecular flexibility index (Phi) is 5.32. The zero-order valence-corrected chi connectivity index (χ0v) is 12.4. The number of hydrogen-bond acceptors (Lipinski definition) is 4. The first-order valence-corrected chi connectivity index (χ1v) is 7.53. The van der Waals surface area contributed by atoms with E-state index in [1.165, 1.54) is 25.7 Å². The highest BCUT2D eigenvalue weighted by Gasteiger charge is 2.21. The Morgan fingerprint density at radius 2 is 2.10 bits per heavy atom. The summed E-state index contributed by atoms with van der Waals surface area (Å²) < 4.78 is 0. The van der Waals surface area contributed by atoms with E-state index in [1.807, 2.05) is 13.1 Å². The third-order valence-electron chi connectivity index (χ3n) is 3.79. The summed E-state index contributed by atoms with van der Waals surface area (Å²) in [6.07, 6.45) is 6.10. The number of anilines is 1. The van der Waals surface area contributed by atoms with Crippen LogP contribution in [0, 0.1) is 5.92 Å². The van der Waals surface area contributed by atoms with Crippen LogP contribution in [0.4, 0.5) is 5.82 Å². The Bertz CT molecular complexity index is 426. The van der Waals surface area contributed by atoms with E-state index in [1.54, 1.807) is 11.0 Å². The Balaban J connectivity index is 1.90. The minimum absolute atomic E-state index is 0.0357. The lowest BCUT2D eigenvalue weighted by atomic mass is 10.1. The number of amides is 1. The van der Waals surface area contributed by atoms with Crippen molar-refractivity contribution in [1.29, 1.82) is 0 Å². The van der Waals surface area contributed by atoms with E-state index in [4.69, 9.17) is 0 Å². The molecule has 0 aliphatic heterocycles. The van der Waals surface area contributed by atoms with Gasteiger partial charge in [-0.1, -0.05) is 19.8 Å². The Labute approximate surface area is 120 Å². The largest absolute Gasteiger partial charge is 0.369 e. The molecule has 0 atom stereocenters. The van der Waals surface area contributed by atoms with Crippen molar-refractivity contribution < 1.29 is 4.79 Å². The van der Waals surface area contributed by atoms with Crippen molar-refractivity contribution in [3.05, 3.63) is 17.8 Å². The predicted molar refractivity (Wildman–Crippen MR) is 79.7 cm³/mol. The Morgan fingerprint density at radius 3 is 2.70 bits per heavy atom. The average molecular weight is 276 g/mol. The summed E-state index contributed by atoms with van der Waals surface area (Å²) >= 11 is 0. The second-order valence-electron chi connectivity index (χ2n) is 5.57. The van der Waals surface area contributed by atoms with Crippen molar-refractivity contribution in [2.75, 3.05) is 25.5 Å². The molecule has 1 fully saturated rings. The average Bonchev–Trinajstić information content (AvgIpc) is 2.97. The maximum atomic E-state index is 12.3. The van der Waals surface area contributed by atoms with Gasteiger partial charge in [0.2, 0.25) is 0 Å². The van der Waals surface area contributed by atoms with Crippen LogP contribution >= 0.6 is 0 Å². The molecule has 0 saturated heterocycles. The van der Waals surface area contributed by atoms with E-state index >= 15 is 0 Å². The molecule has 0 unspecified atom stereocenters. The zero-order chi connectivity index (χ0) is 14.4. The third kappa shape index (κ3) is 3.92. The molecule has 0 bridgehead atoms. The van der Waals surface area contributed by atoms with Gasteiger partial charge in [0.05, 0.1) is 0 Å². The maximum absolute atomic E-state index is 12.3. The van der Waals surface area contributed by atoms with Crippen molar-refractivity contribution in [3.63, 3.8) is 0 Å². The Morgan fingerprint density at radius 1 is 1.35 bits per heavy atom. The first kappa shape index (κ1) is 14.8. The molecule has 1 aliphatic rings. The van der Waals surface area contributed by atoms with Gasteiger partial charge in [-0.25, -0.2) is 0 Å². The lowest BCUT2D eigenvalue weighted by Crippen LogP contribution is -2.31. The van der Waals surface area contributed by atoms with E-state index in [9.17, 15) is 4.79 Å². The molecule has 0 aromatic carbocycles. The van der Waals surface area contributed by atoms with Crippen LogP contribution in [0.5, 0.6) is 0 Å². The minimum atomic E-state index is -0.0357. The number of nitrogens with zero attached hydrogens (tertiary/aromatic N) is 3. The van der Waals surface area contributed by atoms with Crippen LogP contribution < -0.4 is 5.32 Å². The lowest BCUT2D eigenvalue weighted by molar-refractivity contribution is 0.0766. The van der Waals surface area contributed by atoms with Crippen LogP contribution in [0.25, 0.3) is 0 Å². The van der Waals surface area contributed by atoms with Crippen molar-refractivity contribution in [3.8, 4) is 0 Å². The van der Waals surface area contributed by atoms with E-state index in [-0.39, 0.29) is 5.91 Å². The van der Waals surface area contributed by atoms with Crippen LogP contribution in [0.2, 0.25) is 0 Å². The van der Waals surface area contributed by atoms with Gasteiger partial charge < -0.3 is 10.2 Å². The minimum Gasteiger partial charge on any atom is -0.369 e. The molecule has 1 aromatic rings. The molecule has 1 saturated carbocycles. The summed E-state index contributed by atoms with van der Waals surface area (Å²) in [4.78, 5) is 14.0. The van der Waals surface area contributed by atoms with Gasteiger partial charge in [-0.15, -0.1) is 10.2 Å². The number of hydrogen-bond donors (Lipinski definition) is 1. The predicted octanol–water partition coefficient (Wildman–Crippen LogP) is 2.56. The van der Waals surface area contributed by atoms with Gasteiger partial charge in [-0.2, -0.15) is 0 Å². The fraction of sp³-hybridized carbons (Fsp3) is 0.667. The van der Waals surface area contributed by atoms with Crippen LogP contribution in [-0.4, -0.2) is 41.1 Å². The van der Waals surface area contributed by atoms with Gasteiger partial charge >= 0.3 is 0 Å². The molecule has 0 radical (unpaired) electrons. The van der Waals surface area contributed by atoms with Gasteiger partial charge in [0.1, 0.15) is 5.82 Å². The summed E-state index contributed by atoms with van der Waals surface area (Å²) in [5, 5.41) is 11.2.